The minimum absolute atomic E-state index is 0.0382. The van der Waals surface area contributed by atoms with Crippen molar-refractivity contribution in [2.45, 2.75) is 32.7 Å². The Morgan fingerprint density at radius 1 is 1.17 bits per heavy atom. The molecule has 0 unspecified atom stereocenters. The van der Waals surface area contributed by atoms with Crippen LogP contribution in [0.1, 0.15) is 30.4 Å². The first-order valence-electron chi connectivity index (χ1n) is 8.17. The van der Waals surface area contributed by atoms with Crippen LogP contribution in [-0.2, 0) is 24.2 Å². The van der Waals surface area contributed by atoms with Crippen molar-refractivity contribution < 1.29 is 9.21 Å². The van der Waals surface area contributed by atoms with Gasteiger partial charge in [0, 0.05) is 25.5 Å². The summed E-state index contributed by atoms with van der Waals surface area (Å²) in [5.74, 6) is 1.76. The van der Waals surface area contributed by atoms with E-state index in [-0.39, 0.29) is 5.91 Å². The molecule has 0 radical (unpaired) electrons. The molecule has 0 fully saturated rings. The Kier molecular flexibility index (Phi) is 5.11. The summed E-state index contributed by atoms with van der Waals surface area (Å²) in [6, 6.07) is 14.0. The van der Waals surface area contributed by atoms with Crippen LogP contribution in [0.5, 0.6) is 0 Å². The van der Waals surface area contributed by atoms with Gasteiger partial charge in [-0.1, -0.05) is 37.3 Å². The van der Waals surface area contributed by atoms with E-state index in [9.17, 15) is 4.79 Å². The van der Waals surface area contributed by atoms with Crippen molar-refractivity contribution in [3.05, 3.63) is 71.9 Å². The molecule has 5 heteroatoms. The van der Waals surface area contributed by atoms with E-state index in [1.807, 2.05) is 60.3 Å². The highest BCUT2D eigenvalue weighted by molar-refractivity contribution is 5.90. The Labute approximate surface area is 141 Å². The van der Waals surface area contributed by atoms with Gasteiger partial charge in [-0.05, 0) is 17.7 Å². The van der Waals surface area contributed by atoms with E-state index in [1.54, 1.807) is 6.20 Å². The lowest BCUT2D eigenvalue weighted by atomic mass is 10.2. The highest BCUT2D eigenvalue weighted by Crippen LogP contribution is 2.12. The average Bonchev–Trinajstić information content (AvgIpc) is 3.23. The maximum atomic E-state index is 12.0. The maximum Gasteiger partial charge on any atom is 0.224 e. The number of aromatic nitrogens is 2. The van der Waals surface area contributed by atoms with E-state index in [4.69, 9.17) is 4.42 Å². The largest absolute Gasteiger partial charge is 0.466 e. The summed E-state index contributed by atoms with van der Waals surface area (Å²) in [4.78, 5) is 12.0. The fraction of sp³-hybridized carbons (Fsp3) is 0.263. The number of amides is 1. The van der Waals surface area contributed by atoms with Crippen LogP contribution in [0.25, 0.3) is 0 Å². The third-order valence-corrected chi connectivity index (χ3v) is 3.77. The molecule has 0 saturated carbocycles. The van der Waals surface area contributed by atoms with Crippen LogP contribution in [-0.4, -0.2) is 15.7 Å². The number of nitrogens with one attached hydrogen (secondary N) is 1. The number of benzene rings is 1. The quantitative estimate of drug-likeness (QED) is 0.722. The van der Waals surface area contributed by atoms with Gasteiger partial charge in [0.2, 0.25) is 5.91 Å². The lowest BCUT2D eigenvalue weighted by Gasteiger charge is -2.02. The highest BCUT2D eigenvalue weighted by Gasteiger charge is 2.07. The zero-order valence-electron chi connectivity index (χ0n) is 13.7. The molecule has 0 aliphatic rings. The first kappa shape index (κ1) is 16.1. The molecule has 0 bridgehead atoms. The van der Waals surface area contributed by atoms with Gasteiger partial charge in [0.25, 0.3) is 0 Å². The van der Waals surface area contributed by atoms with Crippen LogP contribution >= 0.6 is 0 Å². The fourth-order valence-corrected chi connectivity index (χ4v) is 2.49. The summed E-state index contributed by atoms with van der Waals surface area (Å²) in [5.41, 5.74) is 1.88. The van der Waals surface area contributed by atoms with Crippen molar-refractivity contribution >= 4 is 11.6 Å². The second-order valence-electron chi connectivity index (χ2n) is 5.68. The van der Waals surface area contributed by atoms with E-state index in [1.165, 1.54) is 5.56 Å². The topological polar surface area (TPSA) is 60.1 Å². The van der Waals surface area contributed by atoms with Crippen LogP contribution in [0, 0.1) is 0 Å². The van der Waals surface area contributed by atoms with Gasteiger partial charge in [-0.15, -0.1) is 0 Å². The van der Waals surface area contributed by atoms with Crippen LogP contribution in [0.3, 0.4) is 0 Å². The molecule has 24 heavy (non-hydrogen) atoms. The number of furan rings is 1. The number of anilines is 1. The van der Waals surface area contributed by atoms with E-state index < -0.39 is 0 Å². The predicted molar refractivity (Wildman–Crippen MR) is 92.8 cm³/mol. The molecular formula is C19H21N3O2. The van der Waals surface area contributed by atoms with Crippen molar-refractivity contribution in [1.82, 2.24) is 9.78 Å². The van der Waals surface area contributed by atoms with Gasteiger partial charge in [-0.25, -0.2) is 0 Å². The molecule has 1 N–H and O–H groups in total. The van der Waals surface area contributed by atoms with Crippen LogP contribution in [0.4, 0.5) is 5.69 Å². The Bertz CT molecular complexity index is 790. The minimum Gasteiger partial charge on any atom is -0.466 e. The number of hydrogen-bond donors (Lipinski definition) is 1. The van der Waals surface area contributed by atoms with Crippen molar-refractivity contribution in [3.63, 3.8) is 0 Å². The summed E-state index contributed by atoms with van der Waals surface area (Å²) in [7, 11) is 0. The Morgan fingerprint density at radius 3 is 2.71 bits per heavy atom. The number of aryl methyl sites for hydroxylation is 2. The Hall–Kier alpha value is -2.82. The zero-order chi connectivity index (χ0) is 16.8. The van der Waals surface area contributed by atoms with Crippen molar-refractivity contribution in [1.29, 1.82) is 0 Å². The molecule has 1 amide bonds. The van der Waals surface area contributed by atoms with Crippen LogP contribution in [0.15, 0.2) is 59.3 Å². The molecule has 3 aromatic rings. The second kappa shape index (κ2) is 7.64. The lowest BCUT2D eigenvalue weighted by Crippen LogP contribution is -2.11. The second-order valence-corrected chi connectivity index (χ2v) is 5.68. The van der Waals surface area contributed by atoms with E-state index in [0.717, 1.165) is 17.9 Å². The number of carbonyl (C=O) groups is 1. The summed E-state index contributed by atoms with van der Waals surface area (Å²) in [5, 5.41) is 7.16. The fourth-order valence-electron chi connectivity index (χ4n) is 2.49. The van der Waals surface area contributed by atoms with Crippen LogP contribution in [0.2, 0.25) is 0 Å². The summed E-state index contributed by atoms with van der Waals surface area (Å²) in [6.07, 6.45) is 5.37. The number of rotatable bonds is 7. The molecule has 124 valence electrons. The number of hydrogen-bond acceptors (Lipinski definition) is 3. The van der Waals surface area contributed by atoms with Gasteiger partial charge in [-0.3, -0.25) is 9.48 Å². The van der Waals surface area contributed by atoms with Crippen molar-refractivity contribution in [3.8, 4) is 0 Å². The van der Waals surface area contributed by atoms with Gasteiger partial charge in [0.15, 0.2) is 0 Å². The van der Waals surface area contributed by atoms with Gasteiger partial charge in [-0.2, -0.15) is 5.10 Å². The summed E-state index contributed by atoms with van der Waals surface area (Å²) < 4.78 is 7.42. The molecule has 3 rings (SSSR count). The van der Waals surface area contributed by atoms with Crippen LogP contribution < -0.4 is 5.32 Å². The SMILES string of the molecule is CCc1ccc(CCC(=O)Nc2cnn(Cc3ccccc3)c2)o1. The molecule has 0 atom stereocenters. The smallest absolute Gasteiger partial charge is 0.224 e. The highest BCUT2D eigenvalue weighted by atomic mass is 16.3. The van der Waals surface area contributed by atoms with E-state index in [2.05, 4.69) is 10.4 Å². The lowest BCUT2D eigenvalue weighted by molar-refractivity contribution is -0.116. The molecule has 0 aliphatic carbocycles. The van der Waals surface area contributed by atoms with E-state index in [0.29, 0.717) is 25.1 Å². The summed E-state index contributed by atoms with van der Waals surface area (Å²) >= 11 is 0. The first-order chi connectivity index (χ1) is 11.7. The molecule has 0 aliphatic heterocycles. The number of carbonyl (C=O) groups excluding carboxylic acids is 1. The molecule has 0 saturated heterocycles. The van der Waals surface area contributed by atoms with Gasteiger partial charge in [0.1, 0.15) is 11.5 Å². The van der Waals surface area contributed by atoms with Gasteiger partial charge < -0.3 is 9.73 Å². The Morgan fingerprint density at radius 2 is 1.96 bits per heavy atom. The average molecular weight is 323 g/mol. The number of nitrogens with zero attached hydrogens (tertiary/aromatic N) is 2. The van der Waals surface area contributed by atoms with Gasteiger partial charge >= 0.3 is 0 Å². The molecule has 2 heterocycles. The maximum absolute atomic E-state index is 12.0. The molecular weight excluding hydrogens is 302 g/mol. The standard InChI is InChI=1S/C19H21N3O2/c1-2-17-8-9-18(24-17)10-11-19(23)21-16-12-20-22(14-16)13-15-6-4-3-5-7-15/h3-9,12,14H,2,10-11,13H2,1H3,(H,21,23). The van der Waals surface area contributed by atoms with Crippen molar-refractivity contribution in [2.75, 3.05) is 5.32 Å². The third kappa shape index (κ3) is 4.35. The normalized spacial score (nSPS) is 10.7. The van der Waals surface area contributed by atoms with E-state index >= 15 is 0 Å². The minimum atomic E-state index is -0.0382. The predicted octanol–water partition coefficient (Wildman–Crippen LogP) is 3.66. The Balaban J connectivity index is 1.49. The molecule has 0 spiro atoms. The molecule has 5 nitrogen and oxygen atoms in total. The molecule has 2 aromatic heterocycles. The summed E-state index contributed by atoms with van der Waals surface area (Å²) in [6.45, 7) is 2.73. The zero-order valence-corrected chi connectivity index (χ0v) is 13.7. The van der Waals surface area contributed by atoms with Gasteiger partial charge in [0.05, 0.1) is 18.4 Å². The first-order valence-corrected chi connectivity index (χ1v) is 8.17. The third-order valence-electron chi connectivity index (χ3n) is 3.77. The van der Waals surface area contributed by atoms with Crippen molar-refractivity contribution in [2.24, 2.45) is 0 Å². The monoisotopic (exact) mass is 323 g/mol. The molecule has 1 aromatic carbocycles.